The van der Waals surface area contributed by atoms with Crippen LogP contribution in [-0.4, -0.2) is 28.2 Å². The van der Waals surface area contributed by atoms with Gasteiger partial charge >= 0.3 is 0 Å². The molecule has 30 heavy (non-hydrogen) atoms. The van der Waals surface area contributed by atoms with Crippen LogP contribution in [0.15, 0.2) is 31.0 Å². The molecule has 168 valence electrons. The lowest BCUT2D eigenvalue weighted by Gasteiger charge is -2.40. The van der Waals surface area contributed by atoms with Crippen molar-refractivity contribution in [1.29, 1.82) is 0 Å². The Morgan fingerprint density at radius 2 is 2.00 bits per heavy atom. The van der Waals surface area contributed by atoms with Crippen molar-refractivity contribution in [2.45, 2.75) is 85.0 Å². The van der Waals surface area contributed by atoms with Gasteiger partial charge in [-0.1, -0.05) is 45.0 Å². The molecule has 0 amide bonds. The van der Waals surface area contributed by atoms with Crippen molar-refractivity contribution in [3.8, 4) is 0 Å². The van der Waals surface area contributed by atoms with E-state index in [1.54, 1.807) is 19.9 Å². The fourth-order valence-corrected chi connectivity index (χ4v) is 4.82. The molecule has 2 aromatic rings. The van der Waals surface area contributed by atoms with Crippen LogP contribution in [0, 0.1) is 18.8 Å². The number of hydrogen-bond donors (Lipinski definition) is 2. The molecule has 1 heterocycles. The summed E-state index contributed by atoms with van der Waals surface area (Å²) in [6.07, 6.45) is 10.2. The van der Waals surface area contributed by atoms with E-state index < -0.39 is 5.67 Å². The first kappa shape index (κ1) is 24.5. The highest BCUT2D eigenvalue weighted by atomic mass is 19.1. The molecule has 0 spiro atoms. The quantitative estimate of drug-likeness (QED) is 0.492. The van der Waals surface area contributed by atoms with Crippen LogP contribution in [0.2, 0.25) is 0 Å². The highest BCUT2D eigenvalue weighted by Crippen LogP contribution is 2.35. The standard InChI is InChI=1S/C22H36FN.C4H6N2/c1-7-8-19-13-16(2)9-12-21(19)24(6)15-18-11-10-17(3)20(14-18)22(4,5)23;1-2-4-3-5-6-4/h10-11,14,16,19,21H,7-9,12-13,15H2,1-6H3;2-3,5-6H,1H2. The van der Waals surface area contributed by atoms with Gasteiger partial charge in [-0.15, -0.1) is 0 Å². The molecule has 0 aliphatic heterocycles. The average molecular weight is 416 g/mol. The number of aryl methyl sites for hydroxylation is 1. The Bertz CT molecular complexity index is 758. The number of hydrogen-bond acceptors (Lipinski definition) is 1. The molecule has 0 saturated heterocycles. The SMILES string of the molecule is C=Cc1c[nH][nH]1.CCCC1CC(C)CCC1N(C)Cc1ccc(C)c(C(C)(C)F)c1. The van der Waals surface area contributed by atoms with Crippen LogP contribution in [0.3, 0.4) is 0 Å². The van der Waals surface area contributed by atoms with Crippen molar-refractivity contribution in [3.63, 3.8) is 0 Å². The summed E-state index contributed by atoms with van der Waals surface area (Å²) in [4.78, 5) is 2.52. The number of nitrogens with zero attached hydrogens (tertiary/aromatic N) is 1. The summed E-state index contributed by atoms with van der Waals surface area (Å²) in [5, 5.41) is 5.52. The Morgan fingerprint density at radius 3 is 2.50 bits per heavy atom. The number of aromatic nitrogens is 2. The largest absolute Gasteiger partial charge is 0.306 e. The van der Waals surface area contributed by atoms with Gasteiger partial charge in [0.15, 0.2) is 0 Å². The Kier molecular flexibility index (Phi) is 8.96. The maximum absolute atomic E-state index is 14.4. The Hall–Kier alpha value is -1.81. The minimum Gasteiger partial charge on any atom is -0.306 e. The monoisotopic (exact) mass is 415 g/mol. The van der Waals surface area contributed by atoms with Gasteiger partial charge in [0, 0.05) is 18.8 Å². The van der Waals surface area contributed by atoms with E-state index in [0.717, 1.165) is 35.2 Å². The molecular weight excluding hydrogens is 373 g/mol. The third-order valence-corrected chi connectivity index (χ3v) is 6.47. The normalized spacial score (nSPS) is 21.9. The zero-order valence-corrected chi connectivity index (χ0v) is 19.9. The second-order valence-corrected chi connectivity index (χ2v) is 9.64. The second kappa shape index (κ2) is 11.0. The van der Waals surface area contributed by atoms with Crippen molar-refractivity contribution >= 4 is 6.08 Å². The molecule has 4 heteroatoms. The molecule has 1 aliphatic carbocycles. The lowest BCUT2D eigenvalue weighted by atomic mass is 9.76. The van der Waals surface area contributed by atoms with Crippen molar-refractivity contribution in [1.82, 2.24) is 15.1 Å². The first-order valence-corrected chi connectivity index (χ1v) is 11.5. The second-order valence-electron chi connectivity index (χ2n) is 9.64. The highest BCUT2D eigenvalue weighted by molar-refractivity contribution is 5.39. The number of rotatable bonds is 7. The molecule has 0 radical (unpaired) electrons. The molecule has 3 unspecified atom stereocenters. The molecule has 1 aromatic carbocycles. The van der Waals surface area contributed by atoms with E-state index in [9.17, 15) is 4.39 Å². The zero-order chi connectivity index (χ0) is 22.3. The van der Waals surface area contributed by atoms with Crippen LogP contribution < -0.4 is 0 Å². The zero-order valence-electron chi connectivity index (χ0n) is 19.9. The van der Waals surface area contributed by atoms with Crippen LogP contribution in [0.5, 0.6) is 0 Å². The summed E-state index contributed by atoms with van der Waals surface area (Å²) in [5.74, 6) is 1.68. The summed E-state index contributed by atoms with van der Waals surface area (Å²) in [7, 11) is 2.25. The molecule has 1 aromatic heterocycles. The van der Waals surface area contributed by atoms with E-state index in [1.165, 1.54) is 37.7 Å². The molecule has 1 aliphatic rings. The fourth-order valence-electron chi connectivity index (χ4n) is 4.82. The minimum absolute atomic E-state index is 0.671. The number of alkyl halides is 1. The molecule has 3 nitrogen and oxygen atoms in total. The molecule has 2 N–H and O–H groups in total. The summed E-state index contributed by atoms with van der Waals surface area (Å²) in [6, 6.07) is 6.99. The predicted molar refractivity (Wildman–Crippen MR) is 127 cm³/mol. The number of benzene rings is 1. The van der Waals surface area contributed by atoms with Crippen LogP contribution in [0.25, 0.3) is 6.08 Å². The Balaban J connectivity index is 0.000000456. The topological polar surface area (TPSA) is 34.8 Å². The van der Waals surface area contributed by atoms with E-state index in [4.69, 9.17) is 0 Å². The fraction of sp³-hybridized carbons (Fsp3) is 0.615. The first-order chi connectivity index (χ1) is 14.2. The van der Waals surface area contributed by atoms with Gasteiger partial charge in [0.25, 0.3) is 0 Å². The molecule has 3 rings (SSSR count). The third kappa shape index (κ3) is 6.87. The maximum atomic E-state index is 14.4. The Morgan fingerprint density at radius 1 is 1.30 bits per heavy atom. The van der Waals surface area contributed by atoms with Crippen molar-refractivity contribution in [2.24, 2.45) is 11.8 Å². The third-order valence-electron chi connectivity index (χ3n) is 6.47. The summed E-state index contributed by atoms with van der Waals surface area (Å²) < 4.78 is 14.4. The van der Waals surface area contributed by atoms with E-state index in [2.05, 4.69) is 60.8 Å². The smallest absolute Gasteiger partial charge is 0.130 e. The van der Waals surface area contributed by atoms with E-state index in [1.807, 2.05) is 13.1 Å². The van der Waals surface area contributed by atoms with Crippen molar-refractivity contribution < 1.29 is 4.39 Å². The van der Waals surface area contributed by atoms with Crippen LogP contribution >= 0.6 is 0 Å². The first-order valence-electron chi connectivity index (χ1n) is 11.5. The van der Waals surface area contributed by atoms with Crippen molar-refractivity contribution in [3.05, 3.63) is 53.4 Å². The van der Waals surface area contributed by atoms with Crippen LogP contribution in [0.4, 0.5) is 4.39 Å². The van der Waals surface area contributed by atoms with Gasteiger partial charge in [0.2, 0.25) is 0 Å². The number of halogens is 1. The van der Waals surface area contributed by atoms with Gasteiger partial charge in [0.05, 0.1) is 5.69 Å². The van der Waals surface area contributed by atoms with E-state index in [0.29, 0.717) is 6.04 Å². The van der Waals surface area contributed by atoms with Crippen molar-refractivity contribution in [2.75, 3.05) is 7.05 Å². The predicted octanol–water partition coefficient (Wildman–Crippen LogP) is 7.22. The summed E-state index contributed by atoms with van der Waals surface area (Å²) in [5.41, 5.74) is 2.89. The highest BCUT2D eigenvalue weighted by Gasteiger charge is 2.31. The van der Waals surface area contributed by atoms with Gasteiger partial charge in [-0.25, -0.2) is 4.39 Å². The van der Waals surface area contributed by atoms with Crippen LogP contribution in [0.1, 0.15) is 82.2 Å². The number of H-pyrrole nitrogens is 2. The Labute approximate surface area is 183 Å². The molecule has 3 atom stereocenters. The van der Waals surface area contributed by atoms with Gasteiger partial charge in [0.1, 0.15) is 5.67 Å². The number of nitrogens with one attached hydrogen (secondary N) is 2. The van der Waals surface area contributed by atoms with Crippen LogP contribution in [-0.2, 0) is 12.2 Å². The molecule has 0 bridgehead atoms. The molecular formula is C26H42FN3. The lowest BCUT2D eigenvalue weighted by Crippen LogP contribution is -2.41. The minimum atomic E-state index is -1.27. The average Bonchev–Trinajstić information content (AvgIpc) is 2.62. The van der Waals surface area contributed by atoms with E-state index >= 15 is 0 Å². The van der Waals surface area contributed by atoms with Gasteiger partial charge in [-0.3, -0.25) is 10.00 Å². The number of aromatic amines is 2. The lowest BCUT2D eigenvalue weighted by molar-refractivity contribution is 0.0952. The summed E-state index contributed by atoms with van der Waals surface area (Å²) in [6.45, 7) is 14.4. The maximum Gasteiger partial charge on any atom is 0.130 e. The van der Waals surface area contributed by atoms with E-state index in [-0.39, 0.29) is 0 Å². The molecule has 1 saturated carbocycles. The molecule has 1 fully saturated rings. The summed E-state index contributed by atoms with van der Waals surface area (Å²) >= 11 is 0. The van der Waals surface area contributed by atoms with Gasteiger partial charge < -0.3 is 5.10 Å². The van der Waals surface area contributed by atoms with Gasteiger partial charge in [-0.05, 0) is 88.1 Å². The van der Waals surface area contributed by atoms with Gasteiger partial charge in [-0.2, -0.15) is 0 Å².